The zero-order valence-corrected chi connectivity index (χ0v) is 7.80. The number of phenols is 1. The molecule has 0 aliphatic carbocycles. The van der Waals surface area contributed by atoms with Gasteiger partial charge >= 0.3 is 0 Å². The Morgan fingerprint density at radius 3 is 2.62 bits per heavy atom. The number of pyridine rings is 1. The van der Waals surface area contributed by atoms with Gasteiger partial charge in [0, 0.05) is 11.5 Å². The smallest absolute Gasteiger partial charge is 0.270 e. The van der Waals surface area contributed by atoms with Gasteiger partial charge in [0.25, 0.3) is 6.43 Å². The van der Waals surface area contributed by atoms with E-state index in [2.05, 4.69) is 4.98 Å². The second kappa shape index (κ2) is 3.55. The second-order valence-corrected chi connectivity index (χ2v) is 3.21. The molecule has 0 atom stereocenters. The molecule has 0 fully saturated rings. The van der Waals surface area contributed by atoms with E-state index in [1.807, 2.05) is 0 Å². The van der Waals surface area contributed by atoms with Crippen LogP contribution in [0.5, 0.6) is 5.75 Å². The number of benzene rings is 1. The molecule has 0 bridgehead atoms. The van der Waals surface area contributed by atoms with Gasteiger partial charge in [0.15, 0.2) is 5.82 Å². The Morgan fingerprint density at radius 2 is 2.00 bits per heavy atom. The van der Waals surface area contributed by atoms with E-state index in [9.17, 15) is 23.1 Å². The molecule has 1 heterocycles. The maximum absolute atomic E-state index is 13.6. The third-order valence-electron chi connectivity index (χ3n) is 2.19. The lowest BCUT2D eigenvalue weighted by atomic mass is 10.1. The van der Waals surface area contributed by atoms with E-state index in [1.165, 1.54) is 6.07 Å². The summed E-state index contributed by atoms with van der Waals surface area (Å²) in [4.78, 5) is 13.0. The average Bonchev–Trinajstić information content (AvgIpc) is 2.19. The summed E-state index contributed by atoms with van der Waals surface area (Å²) < 4.78 is 38.4. The van der Waals surface area contributed by atoms with Crippen molar-refractivity contribution in [2.45, 2.75) is 6.43 Å². The fourth-order valence-corrected chi connectivity index (χ4v) is 1.47. The van der Waals surface area contributed by atoms with Crippen LogP contribution < -0.4 is 5.56 Å². The fraction of sp³-hybridized carbons (Fsp3) is 0.100. The van der Waals surface area contributed by atoms with E-state index in [4.69, 9.17) is 0 Å². The topological polar surface area (TPSA) is 53.1 Å². The summed E-state index contributed by atoms with van der Waals surface area (Å²) in [7, 11) is 0. The number of aromatic amines is 1. The van der Waals surface area contributed by atoms with Crippen LogP contribution in [0.2, 0.25) is 0 Å². The Hall–Kier alpha value is -1.98. The molecule has 0 radical (unpaired) electrons. The van der Waals surface area contributed by atoms with Crippen molar-refractivity contribution in [3.63, 3.8) is 0 Å². The highest BCUT2D eigenvalue weighted by molar-refractivity contribution is 5.81. The van der Waals surface area contributed by atoms with Crippen molar-refractivity contribution in [3.8, 4) is 5.75 Å². The van der Waals surface area contributed by atoms with Gasteiger partial charge in [-0.25, -0.2) is 13.2 Å². The lowest BCUT2D eigenvalue weighted by molar-refractivity contribution is 0.142. The van der Waals surface area contributed by atoms with Gasteiger partial charge < -0.3 is 10.1 Å². The van der Waals surface area contributed by atoms with Crippen molar-refractivity contribution < 1.29 is 18.3 Å². The van der Waals surface area contributed by atoms with Gasteiger partial charge in [-0.05, 0) is 12.1 Å². The van der Waals surface area contributed by atoms with E-state index < -0.39 is 29.1 Å². The normalized spacial score (nSPS) is 11.2. The first-order valence-electron chi connectivity index (χ1n) is 4.33. The highest BCUT2D eigenvalue weighted by atomic mass is 19.3. The summed E-state index contributed by atoms with van der Waals surface area (Å²) in [5, 5.41) is 9.37. The van der Waals surface area contributed by atoms with Crippen LogP contribution in [0.4, 0.5) is 13.2 Å². The number of fused-ring (bicyclic) bond motifs is 1. The number of aromatic nitrogens is 1. The van der Waals surface area contributed by atoms with Gasteiger partial charge in [-0.2, -0.15) is 0 Å². The van der Waals surface area contributed by atoms with Crippen LogP contribution in [0, 0.1) is 5.82 Å². The molecule has 1 aromatic carbocycles. The molecule has 0 saturated heterocycles. The van der Waals surface area contributed by atoms with Crippen molar-refractivity contribution in [2.24, 2.45) is 0 Å². The number of hydrogen-bond donors (Lipinski definition) is 2. The Labute approximate surface area is 87.2 Å². The maximum Gasteiger partial charge on any atom is 0.270 e. The Balaban J connectivity index is 2.90. The molecule has 2 N–H and O–H groups in total. The van der Waals surface area contributed by atoms with Crippen LogP contribution in [0.15, 0.2) is 23.0 Å². The summed E-state index contributed by atoms with van der Waals surface area (Å²) in [6.45, 7) is 0. The second-order valence-electron chi connectivity index (χ2n) is 3.21. The number of halogens is 3. The lowest BCUT2D eigenvalue weighted by Crippen LogP contribution is -2.05. The van der Waals surface area contributed by atoms with Crippen LogP contribution in [-0.4, -0.2) is 10.1 Å². The summed E-state index contributed by atoms with van der Waals surface area (Å²) in [5.41, 5.74) is -2.03. The number of alkyl halides is 2. The highest BCUT2D eigenvalue weighted by Crippen LogP contribution is 2.34. The Kier molecular flexibility index (Phi) is 2.34. The van der Waals surface area contributed by atoms with Gasteiger partial charge in [-0.3, -0.25) is 4.79 Å². The van der Waals surface area contributed by atoms with Gasteiger partial charge in [0.2, 0.25) is 5.56 Å². The van der Waals surface area contributed by atoms with E-state index in [-0.39, 0.29) is 10.9 Å². The molecular weight excluding hydrogens is 223 g/mol. The molecule has 16 heavy (non-hydrogen) atoms. The molecule has 0 amide bonds. The van der Waals surface area contributed by atoms with Crippen LogP contribution in [0.3, 0.4) is 0 Å². The van der Waals surface area contributed by atoms with Crippen molar-refractivity contribution >= 4 is 10.9 Å². The number of phenolic OH excluding ortho intramolecular Hbond substituents is 1. The molecule has 0 spiro atoms. The molecule has 84 valence electrons. The number of rotatable bonds is 1. The summed E-state index contributed by atoms with van der Waals surface area (Å²) >= 11 is 0. The predicted molar refractivity (Wildman–Crippen MR) is 51.1 cm³/mol. The standard InChI is InChI=1S/C10H6F3NO2/c11-8-7(10(12)13)5(15)3-4-1-2-6(16)14-9(4)8/h1-3,10,15H,(H,14,16). The Morgan fingerprint density at radius 1 is 1.31 bits per heavy atom. The molecule has 0 aliphatic heterocycles. The predicted octanol–water partition coefficient (Wildman–Crippen LogP) is 2.31. The highest BCUT2D eigenvalue weighted by Gasteiger charge is 2.21. The third-order valence-corrected chi connectivity index (χ3v) is 2.19. The van der Waals surface area contributed by atoms with Crippen molar-refractivity contribution in [1.29, 1.82) is 0 Å². The van der Waals surface area contributed by atoms with Crippen LogP contribution in [-0.2, 0) is 0 Å². The minimum atomic E-state index is -3.15. The zero-order valence-electron chi connectivity index (χ0n) is 7.80. The van der Waals surface area contributed by atoms with Gasteiger partial charge in [0.05, 0.1) is 11.1 Å². The van der Waals surface area contributed by atoms with Crippen LogP contribution in [0.1, 0.15) is 12.0 Å². The summed E-state index contributed by atoms with van der Waals surface area (Å²) in [5.74, 6) is -2.13. The van der Waals surface area contributed by atoms with Crippen LogP contribution >= 0.6 is 0 Å². The Bertz CT molecular complexity index is 607. The fourth-order valence-electron chi connectivity index (χ4n) is 1.47. The summed E-state index contributed by atoms with van der Waals surface area (Å²) in [6, 6.07) is 3.34. The van der Waals surface area contributed by atoms with Crippen molar-refractivity contribution in [2.75, 3.05) is 0 Å². The molecule has 2 rings (SSSR count). The minimum absolute atomic E-state index is 0.152. The molecular formula is C10H6F3NO2. The molecule has 2 aromatic rings. The van der Waals surface area contributed by atoms with Crippen molar-refractivity contribution in [1.82, 2.24) is 4.98 Å². The average molecular weight is 229 g/mol. The maximum atomic E-state index is 13.6. The third kappa shape index (κ3) is 1.52. The summed E-state index contributed by atoms with van der Waals surface area (Å²) in [6.07, 6.45) is -3.15. The first-order valence-corrected chi connectivity index (χ1v) is 4.33. The van der Waals surface area contributed by atoms with Crippen molar-refractivity contribution in [3.05, 3.63) is 39.9 Å². The van der Waals surface area contributed by atoms with Gasteiger partial charge in [-0.15, -0.1) is 0 Å². The quantitative estimate of drug-likeness (QED) is 0.788. The van der Waals surface area contributed by atoms with Gasteiger partial charge in [-0.1, -0.05) is 0 Å². The largest absolute Gasteiger partial charge is 0.507 e. The molecule has 6 heteroatoms. The van der Waals surface area contributed by atoms with Crippen LogP contribution in [0.25, 0.3) is 10.9 Å². The molecule has 1 aromatic heterocycles. The first kappa shape index (κ1) is 10.5. The minimum Gasteiger partial charge on any atom is -0.507 e. The molecule has 0 unspecified atom stereocenters. The van der Waals surface area contributed by atoms with E-state index in [0.717, 1.165) is 12.1 Å². The number of nitrogens with one attached hydrogen (secondary N) is 1. The van der Waals surface area contributed by atoms with E-state index in [1.54, 1.807) is 0 Å². The number of H-pyrrole nitrogens is 1. The SMILES string of the molecule is O=c1ccc2cc(O)c(C(F)F)c(F)c2[nH]1. The lowest BCUT2D eigenvalue weighted by Gasteiger charge is -2.07. The van der Waals surface area contributed by atoms with Gasteiger partial charge in [0.1, 0.15) is 5.75 Å². The molecule has 0 saturated carbocycles. The number of aromatic hydroxyl groups is 1. The zero-order chi connectivity index (χ0) is 11.9. The first-order chi connectivity index (χ1) is 7.50. The van der Waals surface area contributed by atoms with E-state index >= 15 is 0 Å². The molecule has 0 aliphatic rings. The monoisotopic (exact) mass is 229 g/mol. The molecule has 3 nitrogen and oxygen atoms in total. The number of hydrogen-bond acceptors (Lipinski definition) is 2. The van der Waals surface area contributed by atoms with E-state index in [0.29, 0.717) is 0 Å².